The van der Waals surface area contributed by atoms with Gasteiger partial charge in [-0.2, -0.15) is 5.26 Å². The van der Waals surface area contributed by atoms with Gasteiger partial charge in [-0.05, 0) is 31.4 Å². The highest BCUT2D eigenvalue weighted by Gasteiger charge is 2.17. The van der Waals surface area contributed by atoms with Crippen LogP contribution in [0, 0.1) is 11.3 Å². The van der Waals surface area contributed by atoms with Gasteiger partial charge in [0.1, 0.15) is 5.54 Å². The first-order valence-corrected chi connectivity index (χ1v) is 5.28. The highest BCUT2D eigenvalue weighted by Crippen LogP contribution is 2.19. The van der Waals surface area contributed by atoms with Crippen molar-refractivity contribution in [2.75, 3.05) is 0 Å². The number of rotatable bonds is 3. The molecule has 1 rings (SSSR count). The maximum absolute atomic E-state index is 8.75. The quantitative estimate of drug-likeness (QED) is 0.900. The Morgan fingerprint density at radius 2 is 2.14 bits per heavy atom. The van der Waals surface area contributed by atoms with E-state index >= 15 is 0 Å². The zero-order valence-electron chi connectivity index (χ0n) is 8.13. The van der Waals surface area contributed by atoms with Crippen LogP contribution in [0.5, 0.6) is 0 Å². The third-order valence-corrected chi connectivity index (χ3v) is 2.90. The van der Waals surface area contributed by atoms with E-state index in [9.17, 15) is 0 Å². The summed E-state index contributed by atoms with van der Waals surface area (Å²) in [4.78, 5) is 0. The van der Waals surface area contributed by atoms with Crippen LogP contribution in [-0.2, 0) is 6.42 Å². The maximum atomic E-state index is 8.75. The lowest BCUT2D eigenvalue weighted by Crippen LogP contribution is -2.34. The van der Waals surface area contributed by atoms with E-state index in [2.05, 4.69) is 22.0 Å². The van der Waals surface area contributed by atoms with Crippen molar-refractivity contribution in [2.45, 2.75) is 25.3 Å². The Bertz CT molecular complexity index is 353. The second-order valence-electron chi connectivity index (χ2n) is 3.62. The van der Waals surface area contributed by atoms with Gasteiger partial charge in [0.15, 0.2) is 0 Å². The van der Waals surface area contributed by atoms with E-state index < -0.39 is 5.54 Å². The molecule has 3 heteroatoms. The predicted octanol–water partition coefficient (Wildman–Crippen LogP) is 2.62. The van der Waals surface area contributed by atoms with Gasteiger partial charge in [0.2, 0.25) is 0 Å². The number of nitriles is 1. The fourth-order valence-electron chi connectivity index (χ4n) is 1.15. The minimum absolute atomic E-state index is 0.673. The Hall–Kier alpha value is -0.850. The lowest BCUT2D eigenvalue weighted by Gasteiger charge is -2.15. The molecule has 1 aromatic carbocycles. The molecule has 14 heavy (non-hydrogen) atoms. The normalized spacial score (nSPS) is 14.4. The monoisotopic (exact) mass is 252 g/mol. The smallest absolute Gasteiger partial charge is 0.101 e. The van der Waals surface area contributed by atoms with Crippen LogP contribution in [0.1, 0.15) is 18.9 Å². The molecule has 0 aliphatic carbocycles. The SMILES string of the molecule is CC(N)(C#N)CCc1ccccc1Br. The Morgan fingerprint density at radius 1 is 1.50 bits per heavy atom. The van der Waals surface area contributed by atoms with Crippen LogP contribution in [0.3, 0.4) is 0 Å². The summed E-state index contributed by atoms with van der Waals surface area (Å²) >= 11 is 3.46. The van der Waals surface area contributed by atoms with Crippen LogP contribution < -0.4 is 5.73 Å². The Kier molecular flexibility index (Phi) is 3.68. The number of nitrogens with two attached hydrogens (primary N) is 1. The summed E-state index contributed by atoms with van der Waals surface area (Å²) in [5.41, 5.74) is 6.20. The summed E-state index contributed by atoms with van der Waals surface area (Å²) in [6, 6.07) is 10.1. The molecule has 2 N–H and O–H groups in total. The average molecular weight is 253 g/mol. The highest BCUT2D eigenvalue weighted by atomic mass is 79.9. The van der Waals surface area contributed by atoms with E-state index in [0.29, 0.717) is 6.42 Å². The molecule has 2 nitrogen and oxygen atoms in total. The zero-order chi connectivity index (χ0) is 10.6. The molecular weight excluding hydrogens is 240 g/mol. The van der Waals surface area contributed by atoms with Gasteiger partial charge < -0.3 is 5.73 Å². The predicted molar refractivity (Wildman–Crippen MR) is 60.7 cm³/mol. The number of halogens is 1. The third kappa shape index (κ3) is 3.13. The van der Waals surface area contributed by atoms with Crippen molar-refractivity contribution in [3.8, 4) is 6.07 Å². The average Bonchev–Trinajstić information content (AvgIpc) is 2.17. The van der Waals surface area contributed by atoms with Crippen molar-refractivity contribution in [2.24, 2.45) is 5.73 Å². The van der Waals surface area contributed by atoms with Crippen molar-refractivity contribution in [3.05, 3.63) is 34.3 Å². The molecular formula is C11H13BrN2. The molecule has 0 saturated heterocycles. The van der Waals surface area contributed by atoms with Gasteiger partial charge in [-0.25, -0.2) is 0 Å². The minimum Gasteiger partial charge on any atom is -0.314 e. The molecule has 0 aliphatic rings. The van der Waals surface area contributed by atoms with Gasteiger partial charge in [-0.3, -0.25) is 0 Å². The molecule has 0 amide bonds. The van der Waals surface area contributed by atoms with Crippen molar-refractivity contribution >= 4 is 15.9 Å². The first-order chi connectivity index (χ1) is 6.55. The summed E-state index contributed by atoms with van der Waals surface area (Å²) in [6.07, 6.45) is 1.49. The molecule has 0 fully saturated rings. The molecule has 0 bridgehead atoms. The topological polar surface area (TPSA) is 49.8 Å². The van der Waals surface area contributed by atoms with E-state index in [-0.39, 0.29) is 0 Å². The van der Waals surface area contributed by atoms with Crippen LogP contribution in [0.15, 0.2) is 28.7 Å². The molecule has 0 saturated carbocycles. The molecule has 0 aliphatic heterocycles. The summed E-state index contributed by atoms with van der Waals surface area (Å²) in [5.74, 6) is 0. The first-order valence-electron chi connectivity index (χ1n) is 4.49. The third-order valence-electron chi connectivity index (χ3n) is 2.13. The number of aryl methyl sites for hydroxylation is 1. The molecule has 0 aromatic heterocycles. The molecule has 1 unspecified atom stereocenters. The maximum Gasteiger partial charge on any atom is 0.101 e. The lowest BCUT2D eigenvalue weighted by molar-refractivity contribution is 0.546. The standard InChI is InChI=1S/C11H13BrN2/c1-11(14,8-13)7-6-9-4-2-3-5-10(9)12/h2-5H,6-7,14H2,1H3. The van der Waals surface area contributed by atoms with Crippen LogP contribution in [0.2, 0.25) is 0 Å². The number of hydrogen-bond donors (Lipinski definition) is 1. The first kappa shape index (κ1) is 11.2. The van der Waals surface area contributed by atoms with Crippen molar-refractivity contribution in [1.82, 2.24) is 0 Å². The van der Waals surface area contributed by atoms with Crippen molar-refractivity contribution < 1.29 is 0 Å². The summed E-state index contributed by atoms with van der Waals surface area (Å²) in [7, 11) is 0. The van der Waals surface area contributed by atoms with Crippen molar-refractivity contribution in [1.29, 1.82) is 5.26 Å². The van der Waals surface area contributed by atoms with Gasteiger partial charge in [0.05, 0.1) is 6.07 Å². The fraction of sp³-hybridized carbons (Fsp3) is 0.364. The van der Waals surface area contributed by atoms with E-state index in [1.807, 2.05) is 24.3 Å². The molecule has 1 atom stereocenters. The Balaban J connectivity index is 2.64. The minimum atomic E-state index is -0.727. The van der Waals surface area contributed by atoms with Gasteiger partial charge in [-0.1, -0.05) is 34.1 Å². The van der Waals surface area contributed by atoms with E-state index in [4.69, 9.17) is 11.0 Å². The summed E-state index contributed by atoms with van der Waals surface area (Å²) in [6.45, 7) is 1.75. The van der Waals surface area contributed by atoms with Gasteiger partial charge >= 0.3 is 0 Å². The highest BCUT2D eigenvalue weighted by molar-refractivity contribution is 9.10. The van der Waals surface area contributed by atoms with Crippen LogP contribution >= 0.6 is 15.9 Å². The summed E-state index contributed by atoms with van der Waals surface area (Å²) < 4.78 is 1.08. The van der Waals surface area contributed by atoms with Crippen LogP contribution in [0.25, 0.3) is 0 Å². The van der Waals surface area contributed by atoms with E-state index in [1.165, 1.54) is 5.56 Å². The summed E-state index contributed by atoms with van der Waals surface area (Å²) in [5, 5.41) is 8.75. The van der Waals surface area contributed by atoms with Crippen molar-refractivity contribution in [3.63, 3.8) is 0 Å². The van der Waals surface area contributed by atoms with Crippen LogP contribution in [-0.4, -0.2) is 5.54 Å². The van der Waals surface area contributed by atoms with E-state index in [1.54, 1.807) is 6.92 Å². The number of nitrogens with zero attached hydrogens (tertiary/aromatic N) is 1. The second kappa shape index (κ2) is 4.59. The Labute approximate surface area is 92.9 Å². The largest absolute Gasteiger partial charge is 0.314 e. The fourth-order valence-corrected chi connectivity index (χ4v) is 1.63. The molecule has 0 spiro atoms. The second-order valence-corrected chi connectivity index (χ2v) is 4.48. The van der Waals surface area contributed by atoms with E-state index in [0.717, 1.165) is 10.9 Å². The molecule has 1 aromatic rings. The lowest BCUT2D eigenvalue weighted by atomic mass is 9.96. The molecule has 0 heterocycles. The molecule has 0 radical (unpaired) electrons. The number of hydrogen-bond acceptors (Lipinski definition) is 2. The number of benzene rings is 1. The van der Waals surface area contributed by atoms with Gasteiger partial charge in [0.25, 0.3) is 0 Å². The zero-order valence-corrected chi connectivity index (χ0v) is 9.71. The molecule has 74 valence electrons. The van der Waals surface area contributed by atoms with Gasteiger partial charge in [-0.15, -0.1) is 0 Å². The van der Waals surface area contributed by atoms with Gasteiger partial charge in [0, 0.05) is 4.47 Å². The van der Waals surface area contributed by atoms with Crippen LogP contribution in [0.4, 0.5) is 0 Å². The Morgan fingerprint density at radius 3 is 2.71 bits per heavy atom.